The van der Waals surface area contributed by atoms with Gasteiger partial charge in [-0.1, -0.05) is 12.1 Å². The number of hydrogen-bond donors (Lipinski definition) is 1. The second kappa shape index (κ2) is 4.63. The highest BCUT2D eigenvalue weighted by molar-refractivity contribution is 5.39. The Balaban J connectivity index is 2.11. The third-order valence-corrected chi connectivity index (χ3v) is 4.85. The predicted octanol–water partition coefficient (Wildman–Crippen LogP) is 2.40. The molecule has 1 spiro atoms. The molecule has 3 heteroatoms. The Morgan fingerprint density at radius 2 is 2.11 bits per heavy atom. The first kappa shape index (κ1) is 12.1. The highest BCUT2D eigenvalue weighted by atomic mass is 19.1. The number of halogens is 1. The standard InChI is InChI=1S/C15H20FNO/c16-14-3-1-2-13-12(14)5-4-11(10-17)15(13)6-8-18-9-7-15/h1-3,11H,4-10,17H2. The molecule has 0 bridgehead atoms. The lowest BCUT2D eigenvalue weighted by Crippen LogP contribution is -2.47. The molecule has 1 aromatic carbocycles. The molecular formula is C15H20FNO. The summed E-state index contributed by atoms with van der Waals surface area (Å²) < 4.78 is 19.5. The maximum Gasteiger partial charge on any atom is 0.126 e. The molecule has 0 amide bonds. The molecule has 0 radical (unpaired) electrons. The molecule has 1 unspecified atom stereocenters. The molecular weight excluding hydrogens is 229 g/mol. The Kier molecular flexibility index (Phi) is 3.12. The second-order valence-electron chi connectivity index (χ2n) is 5.51. The fourth-order valence-electron chi connectivity index (χ4n) is 3.85. The van der Waals surface area contributed by atoms with E-state index in [1.165, 1.54) is 5.56 Å². The summed E-state index contributed by atoms with van der Waals surface area (Å²) >= 11 is 0. The molecule has 1 heterocycles. The highest BCUT2D eigenvalue weighted by Crippen LogP contribution is 2.48. The molecule has 1 fully saturated rings. The average Bonchev–Trinajstić information content (AvgIpc) is 2.41. The Morgan fingerprint density at radius 3 is 2.83 bits per heavy atom. The summed E-state index contributed by atoms with van der Waals surface area (Å²) in [6.07, 6.45) is 3.79. The third kappa shape index (κ3) is 1.69. The summed E-state index contributed by atoms with van der Waals surface area (Å²) in [7, 11) is 0. The van der Waals surface area contributed by atoms with Crippen molar-refractivity contribution >= 4 is 0 Å². The van der Waals surface area contributed by atoms with Crippen LogP contribution in [0.3, 0.4) is 0 Å². The molecule has 98 valence electrons. The summed E-state index contributed by atoms with van der Waals surface area (Å²) in [5, 5.41) is 0. The Morgan fingerprint density at radius 1 is 1.33 bits per heavy atom. The van der Waals surface area contributed by atoms with E-state index in [9.17, 15) is 4.39 Å². The summed E-state index contributed by atoms with van der Waals surface area (Å²) in [5.74, 6) is 0.421. The predicted molar refractivity (Wildman–Crippen MR) is 69.0 cm³/mol. The van der Waals surface area contributed by atoms with E-state index in [1.807, 2.05) is 6.07 Å². The van der Waals surface area contributed by atoms with Crippen LogP contribution in [0.2, 0.25) is 0 Å². The lowest BCUT2D eigenvalue weighted by molar-refractivity contribution is 0.0211. The van der Waals surface area contributed by atoms with Gasteiger partial charge in [-0.15, -0.1) is 0 Å². The molecule has 1 aliphatic heterocycles. The van der Waals surface area contributed by atoms with Crippen LogP contribution in [-0.4, -0.2) is 19.8 Å². The normalized spacial score (nSPS) is 26.0. The van der Waals surface area contributed by atoms with Crippen molar-refractivity contribution in [1.29, 1.82) is 0 Å². The van der Waals surface area contributed by atoms with Crippen LogP contribution in [0.15, 0.2) is 18.2 Å². The Labute approximate surface area is 107 Å². The van der Waals surface area contributed by atoms with E-state index in [1.54, 1.807) is 6.07 Å². The minimum Gasteiger partial charge on any atom is -0.381 e. The van der Waals surface area contributed by atoms with Crippen LogP contribution in [0, 0.1) is 11.7 Å². The molecule has 1 saturated heterocycles. The molecule has 1 atom stereocenters. The molecule has 1 aliphatic carbocycles. The van der Waals surface area contributed by atoms with Gasteiger partial charge in [0.15, 0.2) is 0 Å². The SMILES string of the molecule is NCC1CCc2c(F)cccc2C12CCOCC2. The first-order valence-electron chi connectivity index (χ1n) is 6.83. The Hall–Kier alpha value is -0.930. The third-order valence-electron chi connectivity index (χ3n) is 4.85. The zero-order valence-electron chi connectivity index (χ0n) is 10.6. The molecule has 18 heavy (non-hydrogen) atoms. The summed E-state index contributed by atoms with van der Waals surface area (Å²) in [5.41, 5.74) is 8.15. The van der Waals surface area contributed by atoms with Crippen molar-refractivity contribution in [3.8, 4) is 0 Å². The molecule has 2 nitrogen and oxygen atoms in total. The molecule has 0 saturated carbocycles. The van der Waals surface area contributed by atoms with Crippen LogP contribution in [0.4, 0.5) is 4.39 Å². The van der Waals surface area contributed by atoms with Crippen LogP contribution in [-0.2, 0) is 16.6 Å². The molecule has 1 aromatic rings. The van der Waals surface area contributed by atoms with Crippen LogP contribution in [0.25, 0.3) is 0 Å². The van der Waals surface area contributed by atoms with Crippen LogP contribution < -0.4 is 5.73 Å². The van der Waals surface area contributed by atoms with Crippen molar-refractivity contribution in [1.82, 2.24) is 0 Å². The number of fused-ring (bicyclic) bond motifs is 2. The van der Waals surface area contributed by atoms with Gasteiger partial charge < -0.3 is 10.5 Å². The molecule has 3 rings (SSSR count). The zero-order valence-corrected chi connectivity index (χ0v) is 10.6. The van der Waals surface area contributed by atoms with Gasteiger partial charge >= 0.3 is 0 Å². The fraction of sp³-hybridized carbons (Fsp3) is 0.600. The van der Waals surface area contributed by atoms with Crippen molar-refractivity contribution in [2.24, 2.45) is 11.7 Å². The van der Waals surface area contributed by atoms with Crippen LogP contribution >= 0.6 is 0 Å². The van der Waals surface area contributed by atoms with Crippen LogP contribution in [0.5, 0.6) is 0 Å². The monoisotopic (exact) mass is 249 g/mol. The number of hydrogen-bond acceptors (Lipinski definition) is 2. The summed E-state index contributed by atoms with van der Waals surface area (Å²) in [6.45, 7) is 2.23. The van der Waals surface area contributed by atoms with Crippen molar-refractivity contribution in [3.05, 3.63) is 35.1 Å². The highest BCUT2D eigenvalue weighted by Gasteiger charge is 2.45. The first-order chi connectivity index (χ1) is 8.78. The van der Waals surface area contributed by atoms with Gasteiger partial charge in [0.25, 0.3) is 0 Å². The van der Waals surface area contributed by atoms with E-state index in [-0.39, 0.29) is 11.2 Å². The van der Waals surface area contributed by atoms with E-state index in [0.717, 1.165) is 44.5 Å². The minimum atomic E-state index is -0.0474. The minimum absolute atomic E-state index is 0.0474. The van der Waals surface area contributed by atoms with Gasteiger partial charge in [-0.25, -0.2) is 4.39 Å². The number of nitrogens with two attached hydrogens (primary N) is 1. The van der Waals surface area contributed by atoms with E-state index in [2.05, 4.69) is 6.07 Å². The number of benzene rings is 1. The first-order valence-corrected chi connectivity index (χ1v) is 6.83. The van der Waals surface area contributed by atoms with Crippen molar-refractivity contribution in [2.45, 2.75) is 31.1 Å². The molecule has 2 aliphatic rings. The van der Waals surface area contributed by atoms with Gasteiger partial charge in [-0.05, 0) is 55.3 Å². The Bertz CT molecular complexity index is 440. The van der Waals surface area contributed by atoms with Crippen molar-refractivity contribution < 1.29 is 9.13 Å². The van der Waals surface area contributed by atoms with E-state index >= 15 is 0 Å². The van der Waals surface area contributed by atoms with Gasteiger partial charge in [-0.3, -0.25) is 0 Å². The second-order valence-corrected chi connectivity index (χ2v) is 5.51. The lowest BCUT2D eigenvalue weighted by Gasteiger charge is -2.47. The van der Waals surface area contributed by atoms with Gasteiger partial charge in [-0.2, -0.15) is 0 Å². The number of rotatable bonds is 1. The van der Waals surface area contributed by atoms with Gasteiger partial charge in [0.2, 0.25) is 0 Å². The lowest BCUT2D eigenvalue weighted by atomic mass is 9.59. The van der Waals surface area contributed by atoms with Gasteiger partial charge in [0.05, 0.1) is 0 Å². The largest absolute Gasteiger partial charge is 0.381 e. The van der Waals surface area contributed by atoms with Gasteiger partial charge in [0, 0.05) is 18.6 Å². The van der Waals surface area contributed by atoms with Crippen molar-refractivity contribution in [2.75, 3.05) is 19.8 Å². The van der Waals surface area contributed by atoms with E-state index < -0.39 is 0 Å². The summed E-state index contributed by atoms with van der Waals surface area (Å²) in [6, 6.07) is 5.52. The quantitative estimate of drug-likeness (QED) is 0.829. The average molecular weight is 249 g/mol. The van der Waals surface area contributed by atoms with E-state index in [0.29, 0.717) is 12.5 Å². The smallest absolute Gasteiger partial charge is 0.126 e. The fourth-order valence-corrected chi connectivity index (χ4v) is 3.85. The maximum atomic E-state index is 14.0. The topological polar surface area (TPSA) is 35.2 Å². The van der Waals surface area contributed by atoms with E-state index in [4.69, 9.17) is 10.5 Å². The number of ether oxygens (including phenoxy) is 1. The van der Waals surface area contributed by atoms with Crippen LogP contribution in [0.1, 0.15) is 30.4 Å². The summed E-state index contributed by atoms with van der Waals surface area (Å²) in [4.78, 5) is 0. The molecule has 2 N–H and O–H groups in total. The van der Waals surface area contributed by atoms with Gasteiger partial charge in [0.1, 0.15) is 5.82 Å². The van der Waals surface area contributed by atoms with Crippen molar-refractivity contribution in [3.63, 3.8) is 0 Å². The maximum absolute atomic E-state index is 14.0. The zero-order chi connectivity index (χ0) is 12.6. The molecule has 0 aromatic heterocycles.